The van der Waals surface area contributed by atoms with Crippen molar-refractivity contribution in [2.24, 2.45) is 17.8 Å². The molecule has 1 saturated heterocycles. The van der Waals surface area contributed by atoms with Crippen molar-refractivity contribution in [3.05, 3.63) is 30.0 Å². The van der Waals surface area contributed by atoms with E-state index in [1.54, 1.807) is 12.1 Å². The molecule has 2 heterocycles. The summed E-state index contributed by atoms with van der Waals surface area (Å²) in [5.41, 5.74) is 0.657. The lowest BCUT2D eigenvalue weighted by Gasteiger charge is -2.28. The van der Waals surface area contributed by atoms with E-state index in [9.17, 15) is 28.4 Å². The molecule has 0 bridgehead atoms. The number of Topliss-reactive ketones (excluding diaryl/α,β-unsaturated/α-hetero) is 1. The van der Waals surface area contributed by atoms with Gasteiger partial charge in [0.1, 0.15) is 29.3 Å². The summed E-state index contributed by atoms with van der Waals surface area (Å²) in [6.45, 7) is -2.58. The summed E-state index contributed by atoms with van der Waals surface area (Å²) in [7, 11) is 0. The van der Waals surface area contributed by atoms with Crippen molar-refractivity contribution < 1.29 is 27.9 Å². The molecule has 3 fully saturated rings. The molecule has 1 aromatic carbocycles. The van der Waals surface area contributed by atoms with Crippen LogP contribution in [0.2, 0.25) is 0 Å². The molecule has 1 aromatic heterocycles. The molecule has 2 N–H and O–H groups in total. The lowest BCUT2D eigenvalue weighted by atomic mass is 9.92. The van der Waals surface area contributed by atoms with Crippen LogP contribution in [0.15, 0.2) is 24.3 Å². The Kier molecular flexibility index (Phi) is 6.65. The first-order valence-corrected chi connectivity index (χ1v) is 12.5. The van der Waals surface area contributed by atoms with Gasteiger partial charge in [-0.3, -0.25) is 14.4 Å². The third kappa shape index (κ3) is 4.54. The topological polar surface area (TPSA) is 115 Å². The Hall–Kier alpha value is -3.48. The predicted molar refractivity (Wildman–Crippen MR) is 125 cm³/mol. The van der Waals surface area contributed by atoms with Gasteiger partial charge in [0.2, 0.25) is 5.91 Å². The number of likely N-dealkylation sites (tertiary alicyclic amines) is 1. The summed E-state index contributed by atoms with van der Waals surface area (Å²) in [6.07, 6.45) is 5.02. The van der Waals surface area contributed by atoms with E-state index in [4.69, 9.17) is 0 Å². The van der Waals surface area contributed by atoms with Crippen LogP contribution in [0.25, 0.3) is 10.9 Å². The van der Waals surface area contributed by atoms with Crippen molar-refractivity contribution >= 4 is 28.5 Å². The zero-order chi connectivity index (χ0) is 25.4. The normalized spacial score (nSPS) is 26.3. The van der Waals surface area contributed by atoms with E-state index in [0.717, 1.165) is 32.1 Å². The Balaban J connectivity index is 1.37. The number of hydrogen-bond donors (Lipinski definition) is 2. The van der Waals surface area contributed by atoms with Crippen LogP contribution in [0.3, 0.4) is 0 Å². The fraction of sp³-hybridized carbons (Fsp3) is 0.538. The van der Waals surface area contributed by atoms with Crippen molar-refractivity contribution in [3.63, 3.8) is 0 Å². The summed E-state index contributed by atoms with van der Waals surface area (Å²) in [5.74, 6) is -0.731. The van der Waals surface area contributed by atoms with E-state index in [1.165, 1.54) is 17.0 Å². The van der Waals surface area contributed by atoms with E-state index < -0.39 is 24.6 Å². The molecule has 1 aliphatic heterocycles. The molecule has 2 aliphatic carbocycles. The smallest absolute Gasteiger partial charge is 0.387 e. The minimum Gasteiger partial charge on any atom is -0.434 e. The van der Waals surface area contributed by atoms with Crippen molar-refractivity contribution in [1.82, 2.24) is 15.2 Å². The lowest BCUT2D eigenvalue weighted by Crippen LogP contribution is -2.51. The van der Waals surface area contributed by atoms with Gasteiger partial charge in [0, 0.05) is 29.8 Å². The van der Waals surface area contributed by atoms with Crippen LogP contribution in [0.4, 0.5) is 8.78 Å². The highest BCUT2D eigenvalue weighted by Gasteiger charge is 2.50. The van der Waals surface area contributed by atoms with Gasteiger partial charge in [0.15, 0.2) is 0 Å². The van der Waals surface area contributed by atoms with Gasteiger partial charge in [0.25, 0.3) is 5.91 Å². The second-order valence-corrected chi connectivity index (χ2v) is 10.0. The molecule has 5 atom stereocenters. The molecule has 10 heteroatoms. The molecule has 0 spiro atoms. The molecule has 8 nitrogen and oxygen atoms in total. The maximum atomic E-state index is 13.6. The summed E-state index contributed by atoms with van der Waals surface area (Å²) >= 11 is 0. The van der Waals surface area contributed by atoms with Gasteiger partial charge in [-0.25, -0.2) is 0 Å². The second-order valence-electron chi connectivity index (χ2n) is 10.0. The third-order valence-electron chi connectivity index (χ3n) is 7.91. The number of H-pyrrole nitrogens is 1. The lowest BCUT2D eigenvalue weighted by molar-refractivity contribution is -0.127. The standard InChI is InChI=1S/C26H28F2N4O4/c27-26(28)36-22-9-3-7-19-18(22)11-20(31-19)25(35)32-13-15-5-1-6-17(15)23(32)24(34)30-16(12-29)10-14-4-2-8-21(14)33/h3,7,9,11,14-17,23,26,31H,1-2,4-6,8,10,13H2,(H,30,34). The number of ether oxygens (including phenoxy) is 1. The van der Waals surface area contributed by atoms with Crippen molar-refractivity contribution in [1.29, 1.82) is 5.26 Å². The number of alkyl halides is 2. The average molecular weight is 499 g/mol. The number of carbonyl (C=O) groups is 3. The maximum Gasteiger partial charge on any atom is 0.387 e. The second kappa shape index (κ2) is 9.88. The Bertz CT molecular complexity index is 1220. The van der Waals surface area contributed by atoms with Gasteiger partial charge in [-0.15, -0.1) is 0 Å². The zero-order valence-electron chi connectivity index (χ0n) is 19.7. The number of hydrogen-bond acceptors (Lipinski definition) is 5. The highest BCUT2D eigenvalue weighted by molar-refractivity contribution is 6.02. The molecule has 5 unspecified atom stereocenters. The number of nitriles is 1. The number of benzene rings is 1. The quantitative estimate of drug-likeness (QED) is 0.603. The van der Waals surface area contributed by atoms with Crippen LogP contribution in [-0.4, -0.2) is 52.7 Å². The van der Waals surface area contributed by atoms with Crippen LogP contribution in [-0.2, 0) is 9.59 Å². The fourth-order valence-corrected chi connectivity index (χ4v) is 6.27. The first kappa shape index (κ1) is 24.2. The number of aromatic amines is 1. The van der Waals surface area contributed by atoms with Gasteiger partial charge in [-0.2, -0.15) is 14.0 Å². The largest absolute Gasteiger partial charge is 0.434 e. The summed E-state index contributed by atoms with van der Waals surface area (Å²) in [4.78, 5) is 43.6. The fourth-order valence-electron chi connectivity index (χ4n) is 6.27. The number of carbonyl (C=O) groups excluding carboxylic acids is 3. The first-order valence-electron chi connectivity index (χ1n) is 12.5. The molecular weight excluding hydrogens is 470 g/mol. The number of nitrogens with one attached hydrogen (secondary N) is 2. The maximum absolute atomic E-state index is 13.6. The van der Waals surface area contributed by atoms with Gasteiger partial charge in [-0.05, 0) is 62.1 Å². The summed E-state index contributed by atoms with van der Waals surface area (Å²) in [6, 6.07) is 6.67. The minimum absolute atomic E-state index is 0.0106. The van der Waals surface area contributed by atoms with E-state index in [1.807, 2.05) is 0 Å². The van der Waals surface area contributed by atoms with Gasteiger partial charge in [0.05, 0.1) is 6.07 Å². The zero-order valence-corrected chi connectivity index (χ0v) is 19.7. The molecule has 3 aliphatic rings. The predicted octanol–water partition coefficient (Wildman–Crippen LogP) is 3.78. The number of ketones is 1. The van der Waals surface area contributed by atoms with Crippen LogP contribution >= 0.6 is 0 Å². The molecule has 2 saturated carbocycles. The highest BCUT2D eigenvalue weighted by Crippen LogP contribution is 2.43. The summed E-state index contributed by atoms with van der Waals surface area (Å²) in [5, 5.41) is 12.8. The number of aromatic nitrogens is 1. The monoisotopic (exact) mass is 498 g/mol. The van der Waals surface area contributed by atoms with E-state index in [2.05, 4.69) is 21.1 Å². The van der Waals surface area contributed by atoms with Gasteiger partial charge < -0.3 is 19.9 Å². The molecule has 190 valence electrons. The van der Waals surface area contributed by atoms with E-state index in [0.29, 0.717) is 23.9 Å². The number of halogens is 2. The average Bonchev–Trinajstić information content (AvgIpc) is 3.61. The van der Waals surface area contributed by atoms with Crippen LogP contribution in [0.5, 0.6) is 5.75 Å². The van der Waals surface area contributed by atoms with Crippen molar-refractivity contribution in [2.45, 2.75) is 63.6 Å². The van der Waals surface area contributed by atoms with Crippen molar-refractivity contribution in [2.75, 3.05) is 6.54 Å². The third-order valence-corrected chi connectivity index (χ3v) is 7.91. The number of fused-ring (bicyclic) bond motifs is 2. The highest BCUT2D eigenvalue weighted by atomic mass is 19.3. The Morgan fingerprint density at radius 2 is 2.08 bits per heavy atom. The SMILES string of the molecule is N#CC(CC1CCCC1=O)NC(=O)C1C2CCCC2CN1C(=O)c1cc2c(OC(F)F)cccc2[nH]1. The van der Waals surface area contributed by atoms with Crippen LogP contribution < -0.4 is 10.1 Å². The number of rotatable bonds is 7. The first-order chi connectivity index (χ1) is 17.4. The molecule has 2 aromatic rings. The van der Waals surface area contributed by atoms with Gasteiger partial charge >= 0.3 is 6.61 Å². The van der Waals surface area contributed by atoms with Crippen molar-refractivity contribution in [3.8, 4) is 11.8 Å². The minimum atomic E-state index is -3.00. The van der Waals surface area contributed by atoms with Crippen LogP contribution in [0, 0.1) is 29.1 Å². The van der Waals surface area contributed by atoms with E-state index in [-0.39, 0.29) is 47.3 Å². The van der Waals surface area contributed by atoms with Gasteiger partial charge in [-0.1, -0.05) is 12.5 Å². The van der Waals surface area contributed by atoms with Crippen LogP contribution in [0.1, 0.15) is 55.4 Å². The number of amides is 2. The molecule has 36 heavy (non-hydrogen) atoms. The Morgan fingerprint density at radius 3 is 2.81 bits per heavy atom. The molecule has 5 rings (SSSR count). The molecular formula is C26H28F2N4O4. The Morgan fingerprint density at radius 1 is 1.25 bits per heavy atom. The van der Waals surface area contributed by atoms with E-state index >= 15 is 0 Å². The Labute approximate surface area is 207 Å². The molecule has 0 radical (unpaired) electrons. The number of nitrogens with zero attached hydrogens (tertiary/aromatic N) is 2. The summed E-state index contributed by atoms with van der Waals surface area (Å²) < 4.78 is 30.2. The molecule has 2 amide bonds.